The van der Waals surface area contributed by atoms with Gasteiger partial charge in [0.2, 0.25) is 5.91 Å². The SMILES string of the molecule is CCOC(=O)CNC(=O)C1(N)CCCC1.Cl. The minimum absolute atomic E-state index is 0. The first-order valence-corrected chi connectivity index (χ1v) is 5.31. The summed E-state index contributed by atoms with van der Waals surface area (Å²) in [4.78, 5) is 22.6. The van der Waals surface area contributed by atoms with E-state index >= 15 is 0 Å². The van der Waals surface area contributed by atoms with E-state index in [1.54, 1.807) is 6.92 Å². The lowest BCUT2D eigenvalue weighted by atomic mass is 9.98. The van der Waals surface area contributed by atoms with E-state index in [0.29, 0.717) is 19.4 Å². The molecule has 16 heavy (non-hydrogen) atoms. The van der Waals surface area contributed by atoms with Crippen molar-refractivity contribution in [3.05, 3.63) is 0 Å². The molecule has 6 heteroatoms. The third-order valence-electron chi connectivity index (χ3n) is 2.65. The summed E-state index contributed by atoms with van der Waals surface area (Å²) in [5.74, 6) is -0.666. The standard InChI is InChI=1S/C10H18N2O3.ClH/c1-2-15-8(13)7-12-9(14)10(11)5-3-4-6-10;/h2-7,11H2,1H3,(H,12,14);1H. The molecular weight excluding hydrogens is 232 g/mol. The molecule has 1 saturated carbocycles. The first kappa shape index (κ1) is 15.2. The molecule has 0 atom stereocenters. The maximum atomic E-state index is 11.6. The third-order valence-corrected chi connectivity index (χ3v) is 2.65. The Hall–Kier alpha value is -0.810. The highest BCUT2D eigenvalue weighted by Gasteiger charge is 2.36. The van der Waals surface area contributed by atoms with Crippen LogP contribution in [0.5, 0.6) is 0 Å². The van der Waals surface area contributed by atoms with E-state index in [1.165, 1.54) is 0 Å². The minimum Gasteiger partial charge on any atom is -0.465 e. The predicted molar refractivity (Wildman–Crippen MR) is 62.3 cm³/mol. The summed E-state index contributed by atoms with van der Waals surface area (Å²) in [5.41, 5.74) is 5.13. The van der Waals surface area contributed by atoms with E-state index in [2.05, 4.69) is 5.32 Å². The van der Waals surface area contributed by atoms with Crippen LogP contribution in [0.3, 0.4) is 0 Å². The fraction of sp³-hybridized carbons (Fsp3) is 0.800. The third kappa shape index (κ3) is 3.98. The number of nitrogens with one attached hydrogen (secondary N) is 1. The van der Waals surface area contributed by atoms with Gasteiger partial charge in [0.25, 0.3) is 0 Å². The summed E-state index contributed by atoms with van der Waals surface area (Å²) in [7, 11) is 0. The number of hydrogen-bond donors (Lipinski definition) is 2. The maximum absolute atomic E-state index is 11.6. The highest BCUT2D eigenvalue weighted by molar-refractivity contribution is 5.89. The number of carbonyl (C=O) groups is 2. The molecule has 0 aliphatic heterocycles. The number of amides is 1. The molecule has 0 unspecified atom stereocenters. The van der Waals surface area contributed by atoms with Crippen molar-refractivity contribution >= 4 is 24.3 Å². The Balaban J connectivity index is 0.00000225. The molecule has 0 aromatic rings. The molecule has 0 aromatic heterocycles. The van der Waals surface area contributed by atoms with Crippen LogP contribution < -0.4 is 11.1 Å². The van der Waals surface area contributed by atoms with Crippen LogP contribution in [0.15, 0.2) is 0 Å². The van der Waals surface area contributed by atoms with Gasteiger partial charge in [-0.15, -0.1) is 12.4 Å². The van der Waals surface area contributed by atoms with E-state index in [4.69, 9.17) is 10.5 Å². The zero-order valence-electron chi connectivity index (χ0n) is 9.45. The Labute approximate surface area is 101 Å². The van der Waals surface area contributed by atoms with E-state index in [9.17, 15) is 9.59 Å². The van der Waals surface area contributed by atoms with Crippen molar-refractivity contribution in [2.75, 3.05) is 13.2 Å². The molecule has 1 fully saturated rings. The summed E-state index contributed by atoms with van der Waals surface area (Å²) < 4.78 is 4.69. The van der Waals surface area contributed by atoms with Gasteiger partial charge < -0.3 is 15.8 Å². The molecule has 0 aromatic carbocycles. The highest BCUT2D eigenvalue weighted by Crippen LogP contribution is 2.26. The molecule has 94 valence electrons. The van der Waals surface area contributed by atoms with Gasteiger partial charge in [0.15, 0.2) is 0 Å². The molecule has 3 N–H and O–H groups in total. The summed E-state index contributed by atoms with van der Waals surface area (Å²) in [5, 5.41) is 2.51. The van der Waals surface area contributed by atoms with E-state index in [-0.39, 0.29) is 24.9 Å². The van der Waals surface area contributed by atoms with Crippen molar-refractivity contribution < 1.29 is 14.3 Å². The molecule has 0 spiro atoms. The molecule has 0 saturated heterocycles. The van der Waals surface area contributed by atoms with Crippen LogP contribution in [0.2, 0.25) is 0 Å². The van der Waals surface area contributed by atoms with Gasteiger partial charge in [-0.3, -0.25) is 9.59 Å². The number of carbonyl (C=O) groups excluding carboxylic acids is 2. The smallest absolute Gasteiger partial charge is 0.325 e. The number of halogens is 1. The molecule has 5 nitrogen and oxygen atoms in total. The Morgan fingerprint density at radius 1 is 1.38 bits per heavy atom. The van der Waals surface area contributed by atoms with Crippen LogP contribution in [-0.2, 0) is 14.3 Å². The largest absolute Gasteiger partial charge is 0.465 e. The van der Waals surface area contributed by atoms with Crippen LogP contribution in [0.1, 0.15) is 32.6 Å². The molecule has 0 bridgehead atoms. The first-order chi connectivity index (χ1) is 7.08. The van der Waals surface area contributed by atoms with Gasteiger partial charge in [-0.2, -0.15) is 0 Å². The lowest BCUT2D eigenvalue weighted by Crippen LogP contribution is -2.52. The monoisotopic (exact) mass is 250 g/mol. The summed E-state index contributed by atoms with van der Waals surface area (Å²) in [6.07, 6.45) is 3.34. The minimum atomic E-state index is -0.771. The molecular formula is C10H19ClN2O3. The normalized spacial score (nSPS) is 17.4. The lowest BCUT2D eigenvalue weighted by Gasteiger charge is -2.21. The molecule has 1 amide bonds. The topological polar surface area (TPSA) is 81.4 Å². The van der Waals surface area contributed by atoms with Crippen molar-refractivity contribution in [2.24, 2.45) is 5.73 Å². The van der Waals surface area contributed by atoms with E-state index in [0.717, 1.165) is 12.8 Å². The van der Waals surface area contributed by atoms with Crippen molar-refractivity contribution in [3.63, 3.8) is 0 Å². The second kappa shape index (κ2) is 6.70. The summed E-state index contributed by atoms with van der Waals surface area (Å²) in [6, 6.07) is 0. The molecule has 1 aliphatic carbocycles. The zero-order chi connectivity index (χ0) is 11.3. The maximum Gasteiger partial charge on any atom is 0.325 e. The number of ether oxygens (including phenoxy) is 1. The van der Waals surface area contributed by atoms with Crippen LogP contribution >= 0.6 is 12.4 Å². The van der Waals surface area contributed by atoms with Gasteiger partial charge in [0, 0.05) is 0 Å². The average Bonchev–Trinajstić information content (AvgIpc) is 2.63. The van der Waals surface area contributed by atoms with E-state index < -0.39 is 11.5 Å². The van der Waals surface area contributed by atoms with Crippen LogP contribution in [0.4, 0.5) is 0 Å². The van der Waals surface area contributed by atoms with Crippen molar-refractivity contribution in [1.82, 2.24) is 5.32 Å². The van der Waals surface area contributed by atoms with Gasteiger partial charge in [0.1, 0.15) is 6.54 Å². The van der Waals surface area contributed by atoms with E-state index in [1.807, 2.05) is 0 Å². The number of nitrogens with two attached hydrogens (primary N) is 1. The molecule has 0 heterocycles. The Morgan fingerprint density at radius 2 is 1.94 bits per heavy atom. The first-order valence-electron chi connectivity index (χ1n) is 5.31. The van der Waals surface area contributed by atoms with Gasteiger partial charge in [-0.05, 0) is 19.8 Å². The van der Waals surface area contributed by atoms with Gasteiger partial charge in [0.05, 0.1) is 12.1 Å². The molecule has 0 radical (unpaired) electrons. The van der Waals surface area contributed by atoms with Gasteiger partial charge in [-0.1, -0.05) is 12.8 Å². The number of rotatable bonds is 4. The fourth-order valence-corrected chi connectivity index (χ4v) is 1.77. The van der Waals surface area contributed by atoms with Crippen molar-refractivity contribution in [3.8, 4) is 0 Å². The quantitative estimate of drug-likeness (QED) is 0.706. The second-order valence-electron chi connectivity index (χ2n) is 3.85. The van der Waals surface area contributed by atoms with Crippen LogP contribution in [0, 0.1) is 0 Å². The van der Waals surface area contributed by atoms with Crippen LogP contribution in [0.25, 0.3) is 0 Å². The predicted octanol–water partition coefficient (Wildman–Crippen LogP) is 0.359. The Bertz CT molecular complexity index is 252. The lowest BCUT2D eigenvalue weighted by molar-refractivity contribution is -0.144. The summed E-state index contributed by atoms with van der Waals surface area (Å²) >= 11 is 0. The van der Waals surface area contributed by atoms with Crippen LogP contribution in [-0.4, -0.2) is 30.6 Å². The summed E-state index contributed by atoms with van der Waals surface area (Å²) in [6.45, 7) is 1.95. The molecule has 1 rings (SSSR count). The average molecular weight is 251 g/mol. The Morgan fingerprint density at radius 3 is 2.44 bits per heavy atom. The highest BCUT2D eigenvalue weighted by atomic mass is 35.5. The van der Waals surface area contributed by atoms with Crippen molar-refractivity contribution in [2.45, 2.75) is 38.1 Å². The number of hydrogen-bond acceptors (Lipinski definition) is 4. The van der Waals surface area contributed by atoms with Crippen molar-refractivity contribution in [1.29, 1.82) is 0 Å². The fourth-order valence-electron chi connectivity index (χ4n) is 1.77. The second-order valence-corrected chi connectivity index (χ2v) is 3.85. The Kier molecular flexibility index (Phi) is 6.36. The van der Waals surface area contributed by atoms with Gasteiger partial charge in [-0.25, -0.2) is 0 Å². The zero-order valence-corrected chi connectivity index (χ0v) is 10.3. The number of esters is 1. The molecule has 1 aliphatic rings. The van der Waals surface area contributed by atoms with Gasteiger partial charge >= 0.3 is 5.97 Å².